The topological polar surface area (TPSA) is 76.4 Å². The summed E-state index contributed by atoms with van der Waals surface area (Å²) in [4.78, 5) is 15.6. The number of rotatable bonds is 10. The standard InChI is InChI=1S/C28H35N3O2S/c1-19-10-11-24(33-15-14-29)17-26(19)28(32)31-20(2)21-6-5-7-22(16-21)27-13-12-25(34-27)18-30-23-8-3-4-9-23/h5-7,10-13,16-17,20,23,30H,3-4,8-9,14-15,18,29H2,1-2H3,(H,31,32)/t20-/m1/s1. The molecule has 34 heavy (non-hydrogen) atoms. The Morgan fingerprint density at radius 1 is 1.15 bits per heavy atom. The third-order valence-corrected chi connectivity index (χ3v) is 7.58. The van der Waals surface area contributed by atoms with Gasteiger partial charge >= 0.3 is 0 Å². The molecule has 1 aliphatic rings. The summed E-state index contributed by atoms with van der Waals surface area (Å²) in [5.74, 6) is 0.553. The molecule has 6 heteroatoms. The van der Waals surface area contributed by atoms with Gasteiger partial charge in [0.25, 0.3) is 5.91 Å². The van der Waals surface area contributed by atoms with Crippen molar-refractivity contribution in [3.8, 4) is 16.2 Å². The predicted octanol–water partition coefficient (Wildman–Crippen LogP) is 5.58. The molecule has 0 bridgehead atoms. The fourth-order valence-corrected chi connectivity index (χ4v) is 5.39. The summed E-state index contributed by atoms with van der Waals surface area (Å²) in [7, 11) is 0. The summed E-state index contributed by atoms with van der Waals surface area (Å²) in [6, 6.07) is 19.0. The third-order valence-electron chi connectivity index (χ3n) is 6.44. The first-order valence-electron chi connectivity index (χ1n) is 12.2. The molecule has 0 unspecified atom stereocenters. The Balaban J connectivity index is 1.41. The molecular formula is C28H35N3O2S. The number of nitrogens with one attached hydrogen (secondary N) is 2. The molecule has 1 heterocycles. The maximum Gasteiger partial charge on any atom is 0.252 e. The van der Waals surface area contributed by atoms with Crippen LogP contribution in [-0.2, 0) is 6.54 Å². The lowest BCUT2D eigenvalue weighted by atomic mass is 10.0. The van der Waals surface area contributed by atoms with E-state index in [2.05, 4.69) is 47.0 Å². The number of hydrogen-bond donors (Lipinski definition) is 3. The fraction of sp³-hybridized carbons (Fsp3) is 0.393. The molecule has 2 aromatic carbocycles. The number of ether oxygens (including phenoxy) is 1. The minimum absolute atomic E-state index is 0.106. The monoisotopic (exact) mass is 477 g/mol. The molecule has 0 radical (unpaired) electrons. The lowest BCUT2D eigenvalue weighted by molar-refractivity contribution is 0.0939. The zero-order valence-corrected chi connectivity index (χ0v) is 20.9. The van der Waals surface area contributed by atoms with E-state index in [-0.39, 0.29) is 11.9 Å². The van der Waals surface area contributed by atoms with Crippen LogP contribution >= 0.6 is 11.3 Å². The smallest absolute Gasteiger partial charge is 0.252 e. The largest absolute Gasteiger partial charge is 0.492 e. The van der Waals surface area contributed by atoms with Gasteiger partial charge in [0.2, 0.25) is 0 Å². The fourth-order valence-electron chi connectivity index (χ4n) is 4.43. The van der Waals surface area contributed by atoms with Crippen molar-refractivity contribution in [2.24, 2.45) is 5.73 Å². The van der Waals surface area contributed by atoms with E-state index in [1.807, 2.05) is 37.3 Å². The number of thiophene rings is 1. The number of amides is 1. The number of carbonyl (C=O) groups excluding carboxylic acids is 1. The molecule has 4 N–H and O–H groups in total. The minimum atomic E-state index is -0.121. The number of aryl methyl sites for hydroxylation is 1. The normalized spacial score (nSPS) is 14.8. The number of nitrogens with two attached hydrogens (primary N) is 1. The van der Waals surface area contributed by atoms with Gasteiger partial charge in [0.05, 0.1) is 6.04 Å². The summed E-state index contributed by atoms with van der Waals surface area (Å²) >= 11 is 1.84. The van der Waals surface area contributed by atoms with E-state index < -0.39 is 0 Å². The van der Waals surface area contributed by atoms with Gasteiger partial charge in [0.15, 0.2) is 0 Å². The molecule has 1 fully saturated rings. The Morgan fingerprint density at radius 3 is 2.76 bits per heavy atom. The highest BCUT2D eigenvalue weighted by molar-refractivity contribution is 7.15. The summed E-state index contributed by atoms with van der Waals surface area (Å²) < 4.78 is 5.60. The SMILES string of the molecule is Cc1ccc(OCCN)cc1C(=O)N[C@H](C)c1cccc(-c2ccc(CNC3CCCC3)s2)c1. The Labute approximate surface area is 206 Å². The second kappa shape index (κ2) is 11.6. The summed E-state index contributed by atoms with van der Waals surface area (Å²) in [6.45, 7) is 5.75. The zero-order chi connectivity index (χ0) is 23.9. The molecule has 5 nitrogen and oxygen atoms in total. The van der Waals surface area contributed by atoms with Gasteiger partial charge in [-0.1, -0.05) is 37.1 Å². The molecule has 4 rings (SSSR count). The Kier molecular flexibility index (Phi) is 8.38. The van der Waals surface area contributed by atoms with E-state index in [1.54, 1.807) is 6.07 Å². The van der Waals surface area contributed by atoms with Crippen LogP contribution in [0.2, 0.25) is 0 Å². The van der Waals surface area contributed by atoms with Gasteiger partial charge in [0, 0.05) is 34.4 Å². The average Bonchev–Trinajstić information content (AvgIpc) is 3.54. The molecular weight excluding hydrogens is 442 g/mol. The Bertz CT molecular complexity index is 1100. The maximum absolute atomic E-state index is 13.0. The van der Waals surface area contributed by atoms with Crippen LogP contribution < -0.4 is 21.1 Å². The summed E-state index contributed by atoms with van der Waals surface area (Å²) in [5.41, 5.74) is 9.32. The summed E-state index contributed by atoms with van der Waals surface area (Å²) in [5, 5.41) is 6.84. The average molecular weight is 478 g/mol. The van der Waals surface area contributed by atoms with Crippen LogP contribution in [0, 0.1) is 6.92 Å². The lowest BCUT2D eigenvalue weighted by Crippen LogP contribution is -2.27. The van der Waals surface area contributed by atoms with Gasteiger partial charge in [0.1, 0.15) is 12.4 Å². The van der Waals surface area contributed by atoms with Crippen molar-refractivity contribution in [1.29, 1.82) is 0 Å². The van der Waals surface area contributed by atoms with E-state index in [1.165, 1.54) is 41.0 Å². The van der Waals surface area contributed by atoms with Crippen LogP contribution in [0.3, 0.4) is 0 Å². The van der Waals surface area contributed by atoms with Crippen LogP contribution in [0.25, 0.3) is 10.4 Å². The number of hydrogen-bond acceptors (Lipinski definition) is 5. The molecule has 1 aromatic heterocycles. The van der Waals surface area contributed by atoms with Crippen LogP contribution in [0.15, 0.2) is 54.6 Å². The van der Waals surface area contributed by atoms with Crippen molar-refractivity contribution < 1.29 is 9.53 Å². The molecule has 1 saturated carbocycles. The van der Waals surface area contributed by atoms with E-state index in [9.17, 15) is 4.79 Å². The molecule has 180 valence electrons. The van der Waals surface area contributed by atoms with E-state index in [0.29, 0.717) is 30.5 Å². The Hall–Kier alpha value is -2.67. The molecule has 0 spiro atoms. The van der Waals surface area contributed by atoms with Gasteiger partial charge < -0.3 is 21.1 Å². The quantitative estimate of drug-likeness (QED) is 0.356. The maximum atomic E-state index is 13.0. The van der Waals surface area contributed by atoms with E-state index in [4.69, 9.17) is 10.5 Å². The van der Waals surface area contributed by atoms with Crippen LogP contribution in [0.5, 0.6) is 5.75 Å². The van der Waals surface area contributed by atoms with Gasteiger partial charge in [-0.25, -0.2) is 0 Å². The first-order valence-corrected chi connectivity index (χ1v) is 13.0. The first kappa shape index (κ1) is 24.5. The second-order valence-corrected chi connectivity index (χ2v) is 10.2. The zero-order valence-electron chi connectivity index (χ0n) is 20.1. The molecule has 1 aliphatic carbocycles. The van der Waals surface area contributed by atoms with Crippen molar-refractivity contribution in [3.05, 3.63) is 76.2 Å². The van der Waals surface area contributed by atoms with Gasteiger partial charge in [-0.3, -0.25) is 4.79 Å². The van der Waals surface area contributed by atoms with Crippen LogP contribution in [-0.4, -0.2) is 25.1 Å². The molecule has 1 amide bonds. The highest BCUT2D eigenvalue weighted by atomic mass is 32.1. The minimum Gasteiger partial charge on any atom is -0.492 e. The predicted molar refractivity (Wildman–Crippen MR) is 140 cm³/mol. The van der Waals surface area contributed by atoms with Crippen molar-refractivity contribution in [2.45, 2.75) is 58.2 Å². The van der Waals surface area contributed by atoms with Crippen molar-refractivity contribution in [1.82, 2.24) is 10.6 Å². The lowest BCUT2D eigenvalue weighted by Gasteiger charge is -2.17. The highest BCUT2D eigenvalue weighted by Crippen LogP contribution is 2.30. The summed E-state index contributed by atoms with van der Waals surface area (Å²) in [6.07, 6.45) is 5.30. The van der Waals surface area contributed by atoms with E-state index >= 15 is 0 Å². The van der Waals surface area contributed by atoms with Crippen molar-refractivity contribution in [3.63, 3.8) is 0 Å². The van der Waals surface area contributed by atoms with E-state index in [0.717, 1.165) is 17.7 Å². The number of carbonyl (C=O) groups is 1. The third kappa shape index (κ3) is 6.26. The molecule has 1 atom stereocenters. The number of benzene rings is 2. The Morgan fingerprint density at radius 2 is 1.97 bits per heavy atom. The molecule has 0 saturated heterocycles. The van der Waals surface area contributed by atoms with Gasteiger partial charge in [-0.15, -0.1) is 11.3 Å². The van der Waals surface area contributed by atoms with Crippen molar-refractivity contribution >= 4 is 17.2 Å². The van der Waals surface area contributed by atoms with Crippen LogP contribution in [0.4, 0.5) is 0 Å². The van der Waals surface area contributed by atoms with Gasteiger partial charge in [-0.05, 0) is 73.7 Å². The van der Waals surface area contributed by atoms with Crippen LogP contribution in [0.1, 0.15) is 65.0 Å². The molecule has 3 aromatic rings. The highest BCUT2D eigenvalue weighted by Gasteiger charge is 2.16. The van der Waals surface area contributed by atoms with Gasteiger partial charge in [-0.2, -0.15) is 0 Å². The first-order chi connectivity index (χ1) is 16.5. The van der Waals surface area contributed by atoms with Crippen molar-refractivity contribution in [2.75, 3.05) is 13.2 Å². The molecule has 0 aliphatic heterocycles. The second-order valence-electron chi connectivity index (χ2n) is 9.06.